The molecule has 0 N–H and O–H groups in total. The van der Waals surface area contributed by atoms with E-state index in [1.165, 1.54) is 4.57 Å². The quantitative estimate of drug-likeness (QED) is 0.451. The third-order valence-corrected chi connectivity index (χ3v) is 6.30. The maximum absolute atomic E-state index is 13.5. The molecule has 1 saturated heterocycles. The first-order valence-corrected chi connectivity index (χ1v) is 10.5. The van der Waals surface area contributed by atoms with Gasteiger partial charge in [-0.3, -0.25) is 4.79 Å². The van der Waals surface area contributed by atoms with Crippen LogP contribution in [0.4, 0.5) is 13.2 Å². The predicted molar refractivity (Wildman–Crippen MR) is 113 cm³/mol. The smallest absolute Gasteiger partial charge is 0.339 e. The van der Waals surface area contributed by atoms with Gasteiger partial charge in [0.05, 0.1) is 16.6 Å². The summed E-state index contributed by atoms with van der Waals surface area (Å²) in [4.78, 5) is 18.4. The zero-order valence-corrected chi connectivity index (χ0v) is 17.7. The number of piperidine rings is 1. The number of nitrogens with zero attached hydrogens (tertiary/aromatic N) is 3. The summed E-state index contributed by atoms with van der Waals surface area (Å²) in [7, 11) is 0. The molecule has 0 saturated carbocycles. The number of fused-ring (bicyclic) bond motifs is 1. The zero-order chi connectivity index (χ0) is 20.6. The van der Waals surface area contributed by atoms with Gasteiger partial charge in [0.1, 0.15) is 0 Å². The second-order valence-corrected chi connectivity index (χ2v) is 8.41. The van der Waals surface area contributed by atoms with Gasteiger partial charge in [-0.05, 0) is 65.6 Å². The number of carbonyl (C=O) groups excluding carboxylic acids is 1. The van der Waals surface area contributed by atoms with E-state index < -0.39 is 12.0 Å². The van der Waals surface area contributed by atoms with Crippen molar-refractivity contribution in [3.05, 3.63) is 63.5 Å². The Hall–Kier alpha value is -2.10. The van der Waals surface area contributed by atoms with Crippen LogP contribution in [0.2, 0.25) is 0 Å². The van der Waals surface area contributed by atoms with Gasteiger partial charge in [-0.25, -0.2) is 4.98 Å². The maximum Gasteiger partial charge on any atom is 0.449 e. The minimum atomic E-state index is -4.50. The lowest BCUT2D eigenvalue weighted by Gasteiger charge is -2.32. The topological polar surface area (TPSA) is 38.1 Å². The van der Waals surface area contributed by atoms with Gasteiger partial charge in [0.25, 0.3) is 5.91 Å². The van der Waals surface area contributed by atoms with Crippen LogP contribution in [-0.2, 0) is 12.7 Å². The van der Waals surface area contributed by atoms with Gasteiger partial charge in [0.15, 0.2) is 0 Å². The van der Waals surface area contributed by atoms with E-state index >= 15 is 0 Å². The van der Waals surface area contributed by atoms with Crippen molar-refractivity contribution in [3.63, 3.8) is 0 Å². The highest BCUT2D eigenvalue weighted by Crippen LogP contribution is 2.33. The summed E-state index contributed by atoms with van der Waals surface area (Å²) in [5.74, 6) is -0.804. The van der Waals surface area contributed by atoms with Crippen molar-refractivity contribution >= 4 is 39.5 Å². The molecule has 4 nitrogen and oxygen atoms in total. The van der Waals surface area contributed by atoms with Crippen LogP contribution in [0.3, 0.4) is 0 Å². The molecule has 0 radical (unpaired) electrons. The molecule has 0 bridgehead atoms. The Morgan fingerprint density at radius 3 is 2.41 bits per heavy atom. The lowest BCUT2D eigenvalue weighted by atomic mass is 9.96. The van der Waals surface area contributed by atoms with E-state index in [0.29, 0.717) is 42.5 Å². The molecule has 4 rings (SSSR count). The van der Waals surface area contributed by atoms with Crippen molar-refractivity contribution < 1.29 is 18.0 Å². The summed E-state index contributed by atoms with van der Waals surface area (Å²) >= 11 is 2.14. The summed E-state index contributed by atoms with van der Waals surface area (Å²) in [5, 5.41) is 0. The molecular formula is C21H19F3IN3O. The number of amides is 1. The first kappa shape index (κ1) is 20.2. The minimum absolute atomic E-state index is 0.0162. The molecule has 1 fully saturated rings. The Bertz CT molecular complexity index is 1040. The number of carbonyl (C=O) groups is 1. The largest absolute Gasteiger partial charge is 0.449 e. The van der Waals surface area contributed by atoms with Crippen LogP contribution in [0, 0.1) is 9.49 Å². The highest BCUT2D eigenvalue weighted by molar-refractivity contribution is 14.1. The minimum Gasteiger partial charge on any atom is -0.339 e. The van der Waals surface area contributed by atoms with Gasteiger partial charge in [-0.1, -0.05) is 24.3 Å². The number of alkyl halides is 3. The van der Waals surface area contributed by atoms with Gasteiger partial charge in [-0.15, -0.1) is 0 Å². The van der Waals surface area contributed by atoms with Crippen LogP contribution in [0.25, 0.3) is 11.0 Å². The molecule has 1 aliphatic heterocycles. The average Bonchev–Trinajstić information content (AvgIpc) is 3.08. The molecule has 0 aliphatic carbocycles. The van der Waals surface area contributed by atoms with Crippen LogP contribution in [0.5, 0.6) is 0 Å². The first-order valence-electron chi connectivity index (χ1n) is 9.41. The number of halogens is 4. The number of benzene rings is 2. The summed E-state index contributed by atoms with van der Waals surface area (Å²) in [6.45, 7) is 1.34. The summed E-state index contributed by atoms with van der Waals surface area (Å²) in [6, 6.07) is 14.1. The second-order valence-electron chi connectivity index (χ2n) is 7.25. The first-order chi connectivity index (χ1) is 13.8. The highest BCUT2D eigenvalue weighted by atomic mass is 127. The average molecular weight is 513 g/mol. The van der Waals surface area contributed by atoms with Gasteiger partial charge < -0.3 is 9.47 Å². The van der Waals surface area contributed by atoms with Crippen molar-refractivity contribution in [1.82, 2.24) is 14.5 Å². The number of hydrogen-bond donors (Lipinski definition) is 0. The third kappa shape index (κ3) is 4.12. The Labute approximate surface area is 179 Å². The molecule has 0 spiro atoms. The van der Waals surface area contributed by atoms with Gasteiger partial charge in [-0.2, -0.15) is 13.2 Å². The van der Waals surface area contributed by atoms with Crippen LogP contribution < -0.4 is 0 Å². The zero-order valence-electron chi connectivity index (χ0n) is 15.5. The molecular weight excluding hydrogens is 494 g/mol. The number of para-hydroxylation sites is 2. The lowest BCUT2D eigenvalue weighted by molar-refractivity contribution is -0.147. The fourth-order valence-electron chi connectivity index (χ4n) is 3.86. The number of aromatic nitrogens is 2. The van der Waals surface area contributed by atoms with Crippen molar-refractivity contribution in [2.75, 3.05) is 13.1 Å². The maximum atomic E-state index is 13.5. The van der Waals surface area contributed by atoms with Crippen molar-refractivity contribution in [2.24, 2.45) is 5.92 Å². The number of imidazole rings is 1. The van der Waals surface area contributed by atoms with Gasteiger partial charge in [0.2, 0.25) is 5.82 Å². The standard InChI is InChI=1S/C21H19F3IN3O/c22-21(23,24)20-26-17-7-3-4-8-18(17)28(20)13-14-9-11-27(12-10-14)19(29)15-5-1-2-6-16(15)25/h1-8,14H,9-13H2. The van der Waals surface area contributed by atoms with E-state index in [-0.39, 0.29) is 18.4 Å². The molecule has 8 heteroatoms. The van der Waals surface area contributed by atoms with Crippen LogP contribution in [-0.4, -0.2) is 33.4 Å². The van der Waals surface area contributed by atoms with Gasteiger partial charge >= 0.3 is 6.18 Å². The van der Waals surface area contributed by atoms with Gasteiger partial charge in [0, 0.05) is 23.2 Å². The normalized spacial score (nSPS) is 15.8. The molecule has 29 heavy (non-hydrogen) atoms. The van der Waals surface area contributed by atoms with E-state index in [2.05, 4.69) is 27.6 Å². The molecule has 1 aromatic heterocycles. The molecule has 2 aromatic carbocycles. The van der Waals surface area contributed by atoms with Crippen LogP contribution in [0.1, 0.15) is 29.0 Å². The Kier molecular flexibility index (Phi) is 5.54. The van der Waals surface area contributed by atoms with Crippen molar-refractivity contribution in [1.29, 1.82) is 0 Å². The molecule has 0 atom stereocenters. The van der Waals surface area contributed by atoms with Crippen molar-refractivity contribution in [2.45, 2.75) is 25.6 Å². The summed E-state index contributed by atoms with van der Waals surface area (Å²) in [5.41, 5.74) is 1.52. The third-order valence-electron chi connectivity index (χ3n) is 5.35. The number of hydrogen-bond acceptors (Lipinski definition) is 2. The predicted octanol–water partition coefficient (Wildman–Crippen LogP) is 5.21. The number of rotatable bonds is 3. The second kappa shape index (κ2) is 7.97. The molecule has 0 unspecified atom stereocenters. The highest BCUT2D eigenvalue weighted by Gasteiger charge is 2.38. The van der Waals surface area contributed by atoms with Crippen LogP contribution >= 0.6 is 22.6 Å². The van der Waals surface area contributed by atoms with Crippen LogP contribution in [0.15, 0.2) is 48.5 Å². The molecule has 2 heterocycles. The summed E-state index contributed by atoms with van der Waals surface area (Å²) in [6.07, 6.45) is -3.17. The lowest BCUT2D eigenvalue weighted by Crippen LogP contribution is -2.39. The van der Waals surface area contributed by atoms with E-state index in [0.717, 1.165) is 3.57 Å². The van der Waals surface area contributed by atoms with Crippen molar-refractivity contribution in [3.8, 4) is 0 Å². The van der Waals surface area contributed by atoms with E-state index in [4.69, 9.17) is 0 Å². The Morgan fingerprint density at radius 1 is 1.07 bits per heavy atom. The molecule has 3 aromatic rings. The fraction of sp³-hybridized carbons (Fsp3) is 0.333. The molecule has 1 aliphatic rings. The van der Waals surface area contributed by atoms with E-state index in [1.807, 2.05) is 24.3 Å². The van der Waals surface area contributed by atoms with E-state index in [1.54, 1.807) is 29.2 Å². The Balaban J connectivity index is 1.49. The SMILES string of the molecule is O=C(c1ccccc1I)N1CCC(Cn2c(C(F)(F)F)nc3ccccc32)CC1. The fourth-order valence-corrected chi connectivity index (χ4v) is 4.48. The molecule has 152 valence electrons. The summed E-state index contributed by atoms with van der Waals surface area (Å²) < 4.78 is 42.7. The number of likely N-dealkylation sites (tertiary alicyclic amines) is 1. The monoisotopic (exact) mass is 513 g/mol. The van der Waals surface area contributed by atoms with E-state index in [9.17, 15) is 18.0 Å². The Morgan fingerprint density at radius 2 is 1.72 bits per heavy atom. The molecule has 1 amide bonds.